The summed E-state index contributed by atoms with van der Waals surface area (Å²) >= 11 is 0. The zero-order valence-electron chi connectivity index (χ0n) is 11.6. The lowest BCUT2D eigenvalue weighted by molar-refractivity contribution is -0.154. The minimum Gasteiger partial charge on any atom is -0.463 e. The fourth-order valence-corrected chi connectivity index (χ4v) is 2.33. The molecule has 2 rings (SSSR count). The molecule has 5 nitrogen and oxygen atoms in total. The molecular formula is C14H18N2O3. The van der Waals surface area contributed by atoms with Gasteiger partial charge in [0.1, 0.15) is 0 Å². The Balaban J connectivity index is 2.54. The van der Waals surface area contributed by atoms with E-state index in [2.05, 4.69) is 0 Å². The average molecular weight is 262 g/mol. The molecular weight excluding hydrogens is 244 g/mol. The number of para-hydroxylation sites is 1. The maximum absolute atomic E-state index is 12.4. The highest BCUT2D eigenvalue weighted by Gasteiger charge is 2.49. The topological polar surface area (TPSA) is 49.9 Å². The van der Waals surface area contributed by atoms with Gasteiger partial charge in [-0.15, -0.1) is 0 Å². The van der Waals surface area contributed by atoms with Gasteiger partial charge in [-0.2, -0.15) is 0 Å². The van der Waals surface area contributed by atoms with Gasteiger partial charge in [0.05, 0.1) is 17.9 Å². The number of esters is 1. The summed E-state index contributed by atoms with van der Waals surface area (Å²) in [5, 5.41) is 0. The number of likely N-dealkylation sites (N-methyl/N-ethyl adjacent to an activating group) is 2. The number of fused-ring (bicyclic) bond motifs is 1. The molecule has 0 N–H and O–H groups in total. The molecule has 19 heavy (non-hydrogen) atoms. The van der Waals surface area contributed by atoms with Gasteiger partial charge in [0.2, 0.25) is 5.66 Å². The first-order valence-electron chi connectivity index (χ1n) is 6.22. The Labute approximate surface area is 112 Å². The highest BCUT2D eigenvalue weighted by molar-refractivity contribution is 6.06. The molecule has 1 atom stereocenters. The Bertz CT molecular complexity index is 529. The van der Waals surface area contributed by atoms with Gasteiger partial charge in [-0.25, -0.2) is 4.79 Å². The van der Waals surface area contributed by atoms with Crippen molar-refractivity contribution in [3.05, 3.63) is 29.8 Å². The largest absolute Gasteiger partial charge is 0.463 e. The van der Waals surface area contributed by atoms with Gasteiger partial charge < -0.3 is 14.5 Å². The van der Waals surface area contributed by atoms with E-state index in [1.807, 2.05) is 18.2 Å². The maximum atomic E-state index is 12.4. The number of benzene rings is 1. The lowest BCUT2D eigenvalue weighted by Crippen LogP contribution is -2.66. The van der Waals surface area contributed by atoms with Crippen LogP contribution in [0.25, 0.3) is 0 Å². The van der Waals surface area contributed by atoms with E-state index in [-0.39, 0.29) is 12.5 Å². The van der Waals surface area contributed by atoms with Crippen LogP contribution in [0.3, 0.4) is 0 Å². The molecule has 1 amide bonds. The van der Waals surface area contributed by atoms with E-state index in [1.165, 1.54) is 4.90 Å². The second kappa shape index (κ2) is 4.57. The summed E-state index contributed by atoms with van der Waals surface area (Å²) in [6.45, 7) is 3.73. The molecule has 1 aromatic carbocycles. The number of amides is 1. The highest BCUT2D eigenvalue weighted by atomic mass is 16.5. The van der Waals surface area contributed by atoms with Crippen LogP contribution in [0.15, 0.2) is 24.3 Å². The molecule has 0 aromatic heterocycles. The standard InChI is InChI=1S/C14H18N2O3/c1-5-19-13(18)14(2)15(3)11-9-7-6-8-10(11)12(17)16(14)4/h6-9H,5H2,1-4H3. The van der Waals surface area contributed by atoms with Crippen molar-refractivity contribution in [2.45, 2.75) is 19.5 Å². The second-order valence-electron chi connectivity index (χ2n) is 4.68. The van der Waals surface area contributed by atoms with Crippen LogP contribution in [0.2, 0.25) is 0 Å². The molecule has 0 fully saturated rings. The maximum Gasteiger partial charge on any atom is 0.353 e. The van der Waals surface area contributed by atoms with Crippen LogP contribution in [-0.2, 0) is 9.53 Å². The summed E-state index contributed by atoms with van der Waals surface area (Å²) in [7, 11) is 3.41. The quantitative estimate of drug-likeness (QED) is 0.758. The number of rotatable bonds is 2. The Morgan fingerprint density at radius 1 is 1.26 bits per heavy atom. The molecule has 1 unspecified atom stereocenters. The number of hydrogen-bond donors (Lipinski definition) is 0. The van der Waals surface area contributed by atoms with E-state index in [0.29, 0.717) is 5.56 Å². The van der Waals surface area contributed by atoms with Gasteiger partial charge in [-0.05, 0) is 26.0 Å². The number of carbonyl (C=O) groups excluding carboxylic acids is 2. The lowest BCUT2D eigenvalue weighted by atomic mass is 9.99. The van der Waals surface area contributed by atoms with Crippen LogP contribution in [0.5, 0.6) is 0 Å². The molecule has 0 bridgehead atoms. The number of carbonyl (C=O) groups is 2. The van der Waals surface area contributed by atoms with Gasteiger partial charge in [-0.3, -0.25) is 4.79 Å². The van der Waals surface area contributed by atoms with Crippen LogP contribution in [0.1, 0.15) is 24.2 Å². The summed E-state index contributed by atoms with van der Waals surface area (Å²) in [5.41, 5.74) is 0.206. The van der Waals surface area contributed by atoms with Crippen molar-refractivity contribution in [2.24, 2.45) is 0 Å². The van der Waals surface area contributed by atoms with Crippen LogP contribution < -0.4 is 4.90 Å². The first kappa shape index (κ1) is 13.4. The number of anilines is 1. The second-order valence-corrected chi connectivity index (χ2v) is 4.68. The summed E-state index contributed by atoms with van der Waals surface area (Å²) in [5.74, 6) is -0.605. The van der Waals surface area contributed by atoms with Crippen molar-refractivity contribution in [1.29, 1.82) is 0 Å². The fourth-order valence-electron chi connectivity index (χ4n) is 2.33. The third-order valence-electron chi connectivity index (χ3n) is 3.77. The van der Waals surface area contributed by atoms with Crippen molar-refractivity contribution in [3.63, 3.8) is 0 Å². The van der Waals surface area contributed by atoms with Crippen LogP contribution >= 0.6 is 0 Å². The summed E-state index contributed by atoms with van der Waals surface area (Å²) < 4.78 is 5.11. The zero-order valence-corrected chi connectivity index (χ0v) is 11.6. The van der Waals surface area contributed by atoms with Crippen molar-refractivity contribution in [2.75, 3.05) is 25.6 Å². The molecule has 0 spiro atoms. The van der Waals surface area contributed by atoms with E-state index in [0.717, 1.165) is 5.69 Å². The van der Waals surface area contributed by atoms with E-state index < -0.39 is 11.6 Å². The van der Waals surface area contributed by atoms with Gasteiger partial charge in [0.25, 0.3) is 5.91 Å². The van der Waals surface area contributed by atoms with Gasteiger partial charge >= 0.3 is 5.97 Å². The molecule has 1 aromatic rings. The van der Waals surface area contributed by atoms with Crippen LogP contribution in [0.4, 0.5) is 5.69 Å². The van der Waals surface area contributed by atoms with E-state index in [4.69, 9.17) is 4.74 Å². The van der Waals surface area contributed by atoms with Crippen LogP contribution in [-0.4, -0.2) is 43.1 Å². The Kier molecular flexibility index (Phi) is 3.22. The molecule has 102 valence electrons. The molecule has 0 saturated heterocycles. The molecule has 1 aliphatic heterocycles. The molecule has 5 heteroatoms. The monoisotopic (exact) mass is 262 g/mol. The normalized spacial score (nSPS) is 22.2. The number of ether oxygens (including phenoxy) is 1. The van der Waals surface area contributed by atoms with E-state index in [1.54, 1.807) is 38.9 Å². The third kappa shape index (κ3) is 1.77. The first-order chi connectivity index (χ1) is 8.94. The molecule has 0 radical (unpaired) electrons. The lowest BCUT2D eigenvalue weighted by Gasteiger charge is -2.48. The molecule has 1 heterocycles. The van der Waals surface area contributed by atoms with Crippen molar-refractivity contribution in [1.82, 2.24) is 4.90 Å². The predicted octanol–water partition coefficient (Wildman–Crippen LogP) is 1.49. The molecule has 1 aliphatic rings. The molecule has 0 saturated carbocycles. The summed E-state index contributed by atoms with van der Waals surface area (Å²) in [6.07, 6.45) is 0. The van der Waals surface area contributed by atoms with Gasteiger partial charge in [0, 0.05) is 14.1 Å². The van der Waals surface area contributed by atoms with Crippen molar-refractivity contribution >= 4 is 17.6 Å². The smallest absolute Gasteiger partial charge is 0.353 e. The predicted molar refractivity (Wildman–Crippen MR) is 72.0 cm³/mol. The summed E-state index contributed by atoms with van der Waals surface area (Å²) in [4.78, 5) is 27.8. The highest BCUT2D eigenvalue weighted by Crippen LogP contribution is 2.35. The third-order valence-corrected chi connectivity index (χ3v) is 3.77. The molecule has 0 aliphatic carbocycles. The SMILES string of the molecule is CCOC(=O)C1(C)N(C)C(=O)c2ccccc2N1C. The Hall–Kier alpha value is -2.04. The fraction of sp³-hybridized carbons (Fsp3) is 0.429. The van der Waals surface area contributed by atoms with E-state index in [9.17, 15) is 9.59 Å². The summed E-state index contributed by atoms with van der Waals surface area (Å²) in [6, 6.07) is 7.25. The number of hydrogen-bond acceptors (Lipinski definition) is 4. The van der Waals surface area contributed by atoms with Gasteiger partial charge in [0.15, 0.2) is 0 Å². The van der Waals surface area contributed by atoms with E-state index >= 15 is 0 Å². The van der Waals surface area contributed by atoms with Crippen molar-refractivity contribution in [3.8, 4) is 0 Å². The zero-order chi connectivity index (χ0) is 14.2. The first-order valence-corrected chi connectivity index (χ1v) is 6.22. The average Bonchev–Trinajstić information content (AvgIpc) is 2.43. The van der Waals surface area contributed by atoms with Crippen LogP contribution in [0, 0.1) is 0 Å². The minimum atomic E-state index is -1.12. The number of nitrogens with zero attached hydrogens (tertiary/aromatic N) is 2. The Morgan fingerprint density at radius 3 is 2.53 bits per heavy atom. The van der Waals surface area contributed by atoms with Crippen molar-refractivity contribution < 1.29 is 14.3 Å². The minimum absolute atomic E-state index is 0.177. The Morgan fingerprint density at radius 2 is 1.89 bits per heavy atom. The van der Waals surface area contributed by atoms with Gasteiger partial charge in [-0.1, -0.05) is 12.1 Å².